The van der Waals surface area contributed by atoms with Crippen LogP contribution in [-0.4, -0.2) is 26.4 Å². The van der Waals surface area contributed by atoms with E-state index in [2.05, 4.69) is 10.2 Å². The maximum atomic E-state index is 11.6. The number of hydrogen-bond donors (Lipinski definition) is 0. The van der Waals surface area contributed by atoms with Gasteiger partial charge in [0.2, 0.25) is 0 Å². The lowest BCUT2D eigenvalue weighted by molar-refractivity contribution is 0.102. The summed E-state index contributed by atoms with van der Waals surface area (Å²) in [7, 11) is 0. The number of ketones is 1. The van der Waals surface area contributed by atoms with Crippen molar-refractivity contribution in [2.45, 2.75) is 13.8 Å². The van der Waals surface area contributed by atoms with Crippen molar-refractivity contribution in [3.05, 3.63) is 41.3 Å². The highest BCUT2D eigenvalue weighted by molar-refractivity contribution is 6.30. The molecule has 0 unspecified atom stereocenters. The zero-order chi connectivity index (χ0) is 12.4. The molecule has 2 rings (SSSR count). The highest BCUT2D eigenvalue weighted by Gasteiger charge is 2.16. The number of carbonyl (C=O) groups excluding carboxylic acids is 1. The second-order valence-corrected chi connectivity index (χ2v) is 4.03. The van der Waals surface area contributed by atoms with Crippen molar-refractivity contribution >= 4 is 17.4 Å². The first-order valence-electron chi connectivity index (χ1n) is 5.21. The van der Waals surface area contributed by atoms with Gasteiger partial charge in [0.05, 0.1) is 5.88 Å². The van der Waals surface area contributed by atoms with Crippen LogP contribution < -0.4 is 0 Å². The van der Waals surface area contributed by atoms with Gasteiger partial charge in [-0.1, -0.05) is 0 Å². The molecule has 0 fully saturated rings. The summed E-state index contributed by atoms with van der Waals surface area (Å²) in [5.41, 5.74) is 2.42. The zero-order valence-corrected chi connectivity index (χ0v) is 10.4. The van der Waals surface area contributed by atoms with Gasteiger partial charge in [-0.15, -0.1) is 16.7 Å². The van der Waals surface area contributed by atoms with Gasteiger partial charge in [0.25, 0.3) is 0 Å². The average Bonchev–Trinajstić information content (AvgIpc) is 2.65. The van der Waals surface area contributed by atoms with Crippen molar-refractivity contribution in [2.24, 2.45) is 0 Å². The fourth-order valence-corrected chi connectivity index (χ4v) is 2.03. The summed E-state index contributed by atoms with van der Waals surface area (Å²) in [5.74, 6) is 0.621. The molecule has 0 aromatic carbocycles. The van der Waals surface area contributed by atoms with Gasteiger partial charge in [-0.05, 0) is 32.0 Å². The molecule has 0 saturated heterocycles. The summed E-state index contributed by atoms with van der Waals surface area (Å²) in [4.78, 5) is 11.6. The fraction of sp³-hybridized carbons (Fsp3) is 0.250. The maximum absolute atomic E-state index is 11.6. The van der Waals surface area contributed by atoms with Gasteiger partial charge in [0.15, 0.2) is 11.6 Å². The van der Waals surface area contributed by atoms with E-state index in [9.17, 15) is 4.79 Å². The van der Waals surface area contributed by atoms with Crippen LogP contribution in [-0.2, 0) is 0 Å². The second kappa shape index (κ2) is 4.67. The molecule has 2 heterocycles. The lowest BCUT2D eigenvalue weighted by atomic mass is 10.2. The van der Waals surface area contributed by atoms with Crippen LogP contribution in [0.4, 0.5) is 0 Å². The van der Waals surface area contributed by atoms with Gasteiger partial charge in [-0.2, -0.15) is 5.10 Å². The van der Waals surface area contributed by atoms with Crippen molar-refractivity contribution in [1.29, 1.82) is 0 Å². The Morgan fingerprint density at radius 2 is 2.24 bits per heavy atom. The van der Waals surface area contributed by atoms with Gasteiger partial charge in [-0.25, -0.2) is 0 Å². The van der Waals surface area contributed by atoms with Crippen LogP contribution in [0.2, 0.25) is 0 Å². The van der Waals surface area contributed by atoms with Crippen molar-refractivity contribution < 1.29 is 4.79 Å². The Morgan fingerprint density at radius 3 is 2.82 bits per heavy atom. The van der Waals surface area contributed by atoms with Crippen LogP contribution >= 0.6 is 11.6 Å². The molecule has 0 aliphatic heterocycles. The quantitative estimate of drug-likeness (QED) is 0.620. The Balaban J connectivity index is 2.57. The van der Waals surface area contributed by atoms with Crippen molar-refractivity contribution in [3.63, 3.8) is 0 Å². The largest absolute Gasteiger partial charge is 0.301 e. The molecule has 0 aliphatic carbocycles. The van der Waals surface area contributed by atoms with E-state index in [1.54, 1.807) is 6.20 Å². The lowest BCUT2D eigenvalue weighted by Crippen LogP contribution is -2.05. The standard InChI is InChI=1S/C12H12ClN3O/c1-8-6-10(11(17)7-13)9(2)16(8)12-4-3-5-14-15-12/h3-6H,7H2,1-2H3. The number of carbonyl (C=O) groups is 1. The van der Waals surface area contributed by atoms with Crippen molar-refractivity contribution in [2.75, 3.05) is 5.88 Å². The fourth-order valence-electron chi connectivity index (χ4n) is 1.88. The Bertz CT molecular complexity index is 548. The number of aryl methyl sites for hydroxylation is 1. The van der Waals surface area contributed by atoms with Crippen LogP contribution in [0.1, 0.15) is 21.7 Å². The predicted molar refractivity (Wildman–Crippen MR) is 65.9 cm³/mol. The average molecular weight is 250 g/mol. The van der Waals surface area contributed by atoms with Gasteiger partial charge < -0.3 is 4.57 Å². The predicted octanol–water partition coefficient (Wildman–Crippen LogP) is 2.31. The molecule has 0 spiro atoms. The third kappa shape index (κ3) is 2.08. The second-order valence-electron chi connectivity index (χ2n) is 3.76. The van der Waals surface area contributed by atoms with E-state index >= 15 is 0 Å². The number of hydrogen-bond acceptors (Lipinski definition) is 3. The van der Waals surface area contributed by atoms with Crippen LogP contribution in [0, 0.1) is 13.8 Å². The molecule has 0 atom stereocenters. The molecular weight excluding hydrogens is 238 g/mol. The molecule has 0 N–H and O–H groups in total. The van der Waals surface area contributed by atoms with E-state index in [4.69, 9.17) is 11.6 Å². The Hall–Kier alpha value is -1.68. The first kappa shape index (κ1) is 11.8. The zero-order valence-electron chi connectivity index (χ0n) is 9.64. The number of halogens is 1. The smallest absolute Gasteiger partial charge is 0.179 e. The summed E-state index contributed by atoms with van der Waals surface area (Å²) in [6.45, 7) is 3.80. The first-order valence-corrected chi connectivity index (χ1v) is 5.74. The van der Waals surface area contributed by atoms with Gasteiger partial charge in [0.1, 0.15) is 0 Å². The Morgan fingerprint density at radius 1 is 1.47 bits per heavy atom. The number of Topliss-reactive ketones (excluding diaryl/α,β-unsaturated/α-hetero) is 1. The van der Waals surface area contributed by atoms with E-state index < -0.39 is 0 Å². The van der Waals surface area contributed by atoms with Gasteiger partial charge >= 0.3 is 0 Å². The molecule has 17 heavy (non-hydrogen) atoms. The summed E-state index contributed by atoms with van der Waals surface area (Å²) in [6.07, 6.45) is 1.61. The minimum atomic E-state index is -0.0742. The van der Waals surface area contributed by atoms with Gasteiger partial charge in [-0.3, -0.25) is 4.79 Å². The van der Waals surface area contributed by atoms with Crippen molar-refractivity contribution in [3.8, 4) is 5.82 Å². The number of rotatable bonds is 3. The van der Waals surface area contributed by atoms with E-state index in [0.717, 1.165) is 11.4 Å². The van der Waals surface area contributed by atoms with E-state index in [-0.39, 0.29) is 11.7 Å². The first-order chi connectivity index (χ1) is 8.15. The van der Waals surface area contributed by atoms with Crippen LogP contribution in [0.15, 0.2) is 24.4 Å². The van der Waals surface area contributed by atoms with Gasteiger partial charge in [0, 0.05) is 23.1 Å². The molecule has 0 aliphatic rings. The molecule has 0 amide bonds. The molecule has 2 aromatic rings. The molecule has 0 radical (unpaired) electrons. The Kier molecular flexibility index (Phi) is 3.24. The normalized spacial score (nSPS) is 10.5. The minimum absolute atomic E-state index is 0.00917. The molecule has 88 valence electrons. The summed E-state index contributed by atoms with van der Waals surface area (Å²) < 4.78 is 1.90. The van der Waals surface area contributed by atoms with E-state index in [0.29, 0.717) is 11.4 Å². The summed E-state index contributed by atoms with van der Waals surface area (Å²) in [5, 5.41) is 7.87. The molecular formula is C12H12ClN3O. The Labute approximate surface area is 104 Å². The molecule has 4 nitrogen and oxygen atoms in total. The summed E-state index contributed by atoms with van der Waals surface area (Å²) >= 11 is 5.58. The highest BCUT2D eigenvalue weighted by Crippen LogP contribution is 2.19. The molecule has 0 bridgehead atoms. The van der Waals surface area contributed by atoms with E-state index in [1.807, 2.05) is 36.6 Å². The van der Waals surface area contributed by atoms with Crippen LogP contribution in [0.3, 0.4) is 0 Å². The molecule has 0 saturated carbocycles. The number of alkyl halides is 1. The number of nitrogens with zero attached hydrogens (tertiary/aromatic N) is 3. The van der Waals surface area contributed by atoms with Crippen molar-refractivity contribution in [1.82, 2.24) is 14.8 Å². The maximum Gasteiger partial charge on any atom is 0.179 e. The topological polar surface area (TPSA) is 47.8 Å². The molecule has 2 aromatic heterocycles. The number of aromatic nitrogens is 3. The molecule has 5 heteroatoms. The SMILES string of the molecule is Cc1cc(C(=O)CCl)c(C)n1-c1cccnn1. The third-order valence-electron chi connectivity index (χ3n) is 2.64. The highest BCUT2D eigenvalue weighted by atomic mass is 35.5. The van der Waals surface area contributed by atoms with E-state index in [1.165, 1.54) is 0 Å². The monoisotopic (exact) mass is 249 g/mol. The summed E-state index contributed by atoms with van der Waals surface area (Å²) in [6, 6.07) is 5.49. The van der Waals surface area contributed by atoms with Crippen LogP contribution in [0.25, 0.3) is 5.82 Å². The minimum Gasteiger partial charge on any atom is -0.301 e. The van der Waals surface area contributed by atoms with Crippen LogP contribution in [0.5, 0.6) is 0 Å². The lowest BCUT2D eigenvalue weighted by Gasteiger charge is -2.07. The third-order valence-corrected chi connectivity index (χ3v) is 2.88.